The van der Waals surface area contributed by atoms with Crippen molar-refractivity contribution in [2.45, 2.75) is 113 Å². The third kappa shape index (κ3) is 11.2. The number of hydrogen-bond acceptors (Lipinski definition) is 1. The van der Waals surface area contributed by atoms with Crippen LogP contribution in [0.15, 0.2) is 0 Å². The van der Waals surface area contributed by atoms with E-state index in [1.54, 1.807) is 0 Å². The Morgan fingerprint density at radius 2 is 1.48 bits per heavy atom. The van der Waals surface area contributed by atoms with E-state index in [-0.39, 0.29) is 0 Å². The van der Waals surface area contributed by atoms with Crippen molar-refractivity contribution in [3.63, 3.8) is 0 Å². The van der Waals surface area contributed by atoms with Crippen LogP contribution in [0.4, 0.5) is 0 Å². The van der Waals surface area contributed by atoms with Crippen LogP contribution in [0.25, 0.3) is 0 Å². The lowest BCUT2D eigenvalue weighted by molar-refractivity contribution is 0.227. The van der Waals surface area contributed by atoms with Crippen molar-refractivity contribution in [2.24, 2.45) is 23.2 Å². The molecule has 0 aliphatic carbocycles. The van der Waals surface area contributed by atoms with Crippen molar-refractivity contribution in [1.82, 2.24) is 5.32 Å². The molecule has 1 N–H and O–H groups in total. The second kappa shape index (κ2) is 12.3. The Labute approximate surface area is 148 Å². The van der Waals surface area contributed by atoms with E-state index in [9.17, 15) is 0 Å². The molecule has 0 radical (unpaired) electrons. The highest BCUT2D eigenvalue weighted by Crippen LogP contribution is 2.28. The van der Waals surface area contributed by atoms with E-state index in [0.29, 0.717) is 11.5 Å². The zero-order valence-electron chi connectivity index (χ0n) is 17.7. The topological polar surface area (TPSA) is 12.0 Å². The predicted molar refractivity (Wildman–Crippen MR) is 107 cm³/mol. The van der Waals surface area contributed by atoms with Crippen molar-refractivity contribution < 1.29 is 0 Å². The van der Waals surface area contributed by atoms with Crippen LogP contribution in [0.3, 0.4) is 0 Å². The van der Waals surface area contributed by atoms with E-state index in [0.717, 1.165) is 24.3 Å². The fraction of sp³-hybridized carbons (Fsp3) is 1.00. The zero-order chi connectivity index (χ0) is 17.9. The first-order valence-corrected chi connectivity index (χ1v) is 10.5. The number of nitrogens with one attached hydrogen (secondary N) is 1. The first kappa shape index (κ1) is 23.0. The van der Waals surface area contributed by atoms with E-state index in [1.165, 1.54) is 51.4 Å². The molecule has 0 saturated heterocycles. The fourth-order valence-electron chi connectivity index (χ4n) is 3.95. The molecular formula is C22H47N. The molecule has 4 atom stereocenters. The van der Waals surface area contributed by atoms with Gasteiger partial charge in [0.2, 0.25) is 0 Å². The van der Waals surface area contributed by atoms with Gasteiger partial charge >= 0.3 is 0 Å². The molecule has 0 bridgehead atoms. The van der Waals surface area contributed by atoms with Crippen LogP contribution >= 0.6 is 0 Å². The van der Waals surface area contributed by atoms with Crippen LogP contribution in [0, 0.1) is 23.2 Å². The summed E-state index contributed by atoms with van der Waals surface area (Å²) in [4.78, 5) is 0. The Morgan fingerprint density at radius 1 is 0.826 bits per heavy atom. The number of hydrogen-bond donors (Lipinski definition) is 1. The van der Waals surface area contributed by atoms with Crippen LogP contribution in [-0.4, -0.2) is 12.6 Å². The van der Waals surface area contributed by atoms with Gasteiger partial charge in [-0.05, 0) is 42.9 Å². The summed E-state index contributed by atoms with van der Waals surface area (Å²) in [6, 6.07) is 0.651. The first-order valence-electron chi connectivity index (χ1n) is 10.5. The SMILES string of the molecule is CCCC(C)CC(C)(C)CNC(C)C(CC)CCCC(C)CC. The highest BCUT2D eigenvalue weighted by molar-refractivity contribution is 4.79. The van der Waals surface area contributed by atoms with Gasteiger partial charge in [-0.3, -0.25) is 0 Å². The summed E-state index contributed by atoms with van der Waals surface area (Å²) in [6.45, 7) is 20.2. The molecule has 0 saturated carbocycles. The normalized spacial score (nSPS) is 17.7. The van der Waals surface area contributed by atoms with E-state index in [1.807, 2.05) is 0 Å². The van der Waals surface area contributed by atoms with E-state index >= 15 is 0 Å². The molecular weight excluding hydrogens is 278 g/mol. The summed E-state index contributed by atoms with van der Waals surface area (Å²) >= 11 is 0. The molecule has 0 fully saturated rings. The second-order valence-corrected chi connectivity index (χ2v) is 9.04. The highest BCUT2D eigenvalue weighted by atomic mass is 14.9. The molecule has 1 heteroatoms. The summed E-state index contributed by atoms with van der Waals surface area (Å²) in [7, 11) is 0. The van der Waals surface area contributed by atoms with Gasteiger partial charge in [-0.1, -0.05) is 87.0 Å². The standard InChI is InChI=1S/C22H47N/c1-9-13-19(5)16-22(7,8)17-23-20(6)21(11-3)15-12-14-18(4)10-2/h18-21,23H,9-17H2,1-8H3. The summed E-state index contributed by atoms with van der Waals surface area (Å²) in [5.74, 6) is 2.59. The van der Waals surface area contributed by atoms with E-state index < -0.39 is 0 Å². The summed E-state index contributed by atoms with van der Waals surface area (Å²) in [5.41, 5.74) is 0.415. The van der Waals surface area contributed by atoms with Gasteiger partial charge in [0.25, 0.3) is 0 Å². The molecule has 0 aliphatic rings. The van der Waals surface area contributed by atoms with Gasteiger partial charge in [0.1, 0.15) is 0 Å². The Hall–Kier alpha value is -0.0400. The zero-order valence-corrected chi connectivity index (χ0v) is 17.7. The van der Waals surface area contributed by atoms with Crippen LogP contribution in [0.5, 0.6) is 0 Å². The van der Waals surface area contributed by atoms with Gasteiger partial charge in [-0.2, -0.15) is 0 Å². The monoisotopic (exact) mass is 325 g/mol. The lowest BCUT2D eigenvalue weighted by Crippen LogP contribution is -2.40. The molecule has 23 heavy (non-hydrogen) atoms. The molecule has 0 aromatic rings. The van der Waals surface area contributed by atoms with Gasteiger partial charge < -0.3 is 5.32 Å². The molecule has 0 heterocycles. The lowest BCUT2D eigenvalue weighted by atomic mass is 9.81. The molecule has 0 spiro atoms. The third-order valence-electron chi connectivity index (χ3n) is 5.79. The first-order chi connectivity index (χ1) is 10.8. The van der Waals surface area contributed by atoms with Crippen LogP contribution < -0.4 is 5.32 Å². The molecule has 0 amide bonds. The Morgan fingerprint density at radius 3 is 2.00 bits per heavy atom. The maximum atomic E-state index is 3.87. The molecule has 4 unspecified atom stereocenters. The number of rotatable bonds is 14. The van der Waals surface area contributed by atoms with Crippen molar-refractivity contribution in [3.05, 3.63) is 0 Å². The minimum atomic E-state index is 0.415. The average molecular weight is 326 g/mol. The summed E-state index contributed by atoms with van der Waals surface area (Å²) in [5, 5.41) is 3.87. The summed E-state index contributed by atoms with van der Waals surface area (Å²) < 4.78 is 0. The Kier molecular flexibility index (Phi) is 12.3. The lowest BCUT2D eigenvalue weighted by Gasteiger charge is -2.32. The molecule has 1 nitrogen and oxygen atoms in total. The van der Waals surface area contributed by atoms with Crippen molar-refractivity contribution >= 4 is 0 Å². The van der Waals surface area contributed by atoms with Gasteiger partial charge in [0, 0.05) is 12.6 Å². The maximum absolute atomic E-state index is 3.87. The molecule has 0 rings (SSSR count). The average Bonchev–Trinajstić information content (AvgIpc) is 2.48. The second-order valence-electron chi connectivity index (χ2n) is 9.04. The third-order valence-corrected chi connectivity index (χ3v) is 5.79. The van der Waals surface area contributed by atoms with E-state index in [2.05, 4.69) is 60.7 Å². The van der Waals surface area contributed by atoms with Crippen molar-refractivity contribution in [2.75, 3.05) is 6.54 Å². The smallest absolute Gasteiger partial charge is 0.00671 e. The fourth-order valence-corrected chi connectivity index (χ4v) is 3.95. The largest absolute Gasteiger partial charge is 0.313 e. The maximum Gasteiger partial charge on any atom is 0.00671 e. The van der Waals surface area contributed by atoms with Gasteiger partial charge in [-0.25, -0.2) is 0 Å². The minimum absolute atomic E-state index is 0.415. The predicted octanol–water partition coefficient (Wildman–Crippen LogP) is 7.06. The molecule has 0 aliphatic heterocycles. The van der Waals surface area contributed by atoms with Gasteiger partial charge in [-0.15, -0.1) is 0 Å². The molecule has 140 valence electrons. The van der Waals surface area contributed by atoms with Gasteiger partial charge in [0.15, 0.2) is 0 Å². The summed E-state index contributed by atoms with van der Waals surface area (Å²) in [6.07, 6.45) is 10.8. The van der Waals surface area contributed by atoms with Crippen molar-refractivity contribution in [1.29, 1.82) is 0 Å². The van der Waals surface area contributed by atoms with E-state index in [4.69, 9.17) is 0 Å². The van der Waals surface area contributed by atoms with Crippen LogP contribution in [0.2, 0.25) is 0 Å². The van der Waals surface area contributed by atoms with Gasteiger partial charge in [0.05, 0.1) is 0 Å². The Balaban J connectivity index is 4.18. The van der Waals surface area contributed by atoms with Crippen molar-refractivity contribution in [3.8, 4) is 0 Å². The van der Waals surface area contributed by atoms with Crippen LogP contribution in [0.1, 0.15) is 107 Å². The van der Waals surface area contributed by atoms with Crippen LogP contribution in [-0.2, 0) is 0 Å². The highest BCUT2D eigenvalue weighted by Gasteiger charge is 2.23. The molecule has 0 aromatic heterocycles. The molecule has 0 aromatic carbocycles. The minimum Gasteiger partial charge on any atom is -0.313 e. The Bertz CT molecular complexity index is 271. The quantitative estimate of drug-likeness (QED) is 0.360.